The van der Waals surface area contributed by atoms with Crippen molar-refractivity contribution in [2.45, 2.75) is 25.3 Å². The van der Waals surface area contributed by atoms with E-state index in [4.69, 9.17) is 20.4 Å². The van der Waals surface area contributed by atoms with Gasteiger partial charge in [0, 0.05) is 6.54 Å². The monoisotopic (exact) mass is 291 g/mol. The Kier molecular flexibility index (Phi) is 3.40. The first-order valence-corrected chi connectivity index (χ1v) is 6.95. The van der Waals surface area contributed by atoms with Gasteiger partial charge in [-0.2, -0.15) is 0 Å². The molecule has 0 saturated heterocycles. The number of halogens is 1. The number of fused-ring (bicyclic) bond motifs is 1. The minimum absolute atomic E-state index is 0.330. The zero-order valence-corrected chi connectivity index (χ0v) is 11.8. The predicted octanol–water partition coefficient (Wildman–Crippen LogP) is 3.93. The summed E-state index contributed by atoms with van der Waals surface area (Å²) >= 11 is 6.36. The maximum absolute atomic E-state index is 11.8. The average Bonchev–Trinajstić information content (AvgIpc) is 3.07. The molecule has 1 aromatic carbocycles. The van der Waals surface area contributed by atoms with Crippen molar-refractivity contribution < 1.29 is 8.83 Å². The highest BCUT2D eigenvalue weighted by Crippen LogP contribution is 2.30. The summed E-state index contributed by atoms with van der Waals surface area (Å²) in [6.07, 6.45) is 2.46. The summed E-state index contributed by atoms with van der Waals surface area (Å²) in [5.74, 6) is 0.337. The van der Waals surface area contributed by atoms with Crippen molar-refractivity contribution in [3.05, 3.63) is 58.5 Å². The first-order chi connectivity index (χ1) is 9.70. The van der Waals surface area contributed by atoms with Crippen molar-refractivity contribution in [3.8, 4) is 0 Å². The van der Waals surface area contributed by atoms with Crippen molar-refractivity contribution in [2.24, 2.45) is 0 Å². The van der Waals surface area contributed by atoms with Gasteiger partial charge >= 0.3 is 5.76 Å². The molecule has 0 N–H and O–H groups in total. The van der Waals surface area contributed by atoms with E-state index in [1.165, 1.54) is 0 Å². The molecule has 0 radical (unpaired) electrons. The number of oxazole rings is 1. The van der Waals surface area contributed by atoms with Gasteiger partial charge in [0.2, 0.25) is 0 Å². The second kappa shape index (κ2) is 5.21. The van der Waals surface area contributed by atoms with Gasteiger partial charge < -0.3 is 8.83 Å². The van der Waals surface area contributed by atoms with E-state index in [-0.39, 0.29) is 5.76 Å². The van der Waals surface area contributed by atoms with E-state index >= 15 is 0 Å². The summed E-state index contributed by atoms with van der Waals surface area (Å²) in [5, 5.41) is -0.394. The van der Waals surface area contributed by atoms with Crippen LogP contribution in [0.1, 0.15) is 30.0 Å². The topological polar surface area (TPSA) is 48.3 Å². The van der Waals surface area contributed by atoms with Gasteiger partial charge in [-0.1, -0.05) is 13.0 Å². The Morgan fingerprint density at radius 2 is 2.20 bits per heavy atom. The molecule has 0 fully saturated rings. The molecule has 0 aliphatic carbocycles. The Balaban J connectivity index is 2.06. The normalized spacial score (nSPS) is 12.9. The highest BCUT2D eigenvalue weighted by molar-refractivity contribution is 6.22. The van der Waals surface area contributed by atoms with Crippen LogP contribution in [0.5, 0.6) is 0 Å². The predicted molar refractivity (Wildman–Crippen MR) is 77.2 cm³/mol. The lowest BCUT2D eigenvalue weighted by molar-refractivity contribution is 0.502. The first-order valence-electron chi connectivity index (χ1n) is 6.51. The fourth-order valence-electron chi connectivity index (χ4n) is 2.28. The third-order valence-corrected chi connectivity index (χ3v) is 3.69. The number of aryl methyl sites for hydroxylation is 1. The highest BCUT2D eigenvalue weighted by atomic mass is 35.5. The van der Waals surface area contributed by atoms with E-state index in [2.05, 4.69) is 0 Å². The van der Waals surface area contributed by atoms with Gasteiger partial charge in [0.15, 0.2) is 5.58 Å². The summed E-state index contributed by atoms with van der Waals surface area (Å²) in [6.45, 7) is 2.67. The number of rotatable bonds is 4. The molecule has 0 saturated carbocycles. The summed E-state index contributed by atoms with van der Waals surface area (Å²) in [6, 6.07) is 9.16. The number of alkyl halides is 1. The molecule has 0 bridgehead atoms. The van der Waals surface area contributed by atoms with Gasteiger partial charge in [0.1, 0.15) is 11.1 Å². The molecular weight excluding hydrogens is 278 g/mol. The van der Waals surface area contributed by atoms with Gasteiger partial charge in [-0.15, -0.1) is 11.6 Å². The molecule has 104 valence electrons. The number of nitrogens with zero attached hydrogens (tertiary/aromatic N) is 1. The van der Waals surface area contributed by atoms with Crippen LogP contribution >= 0.6 is 11.6 Å². The van der Waals surface area contributed by atoms with E-state index in [0.717, 1.165) is 17.5 Å². The number of hydrogen-bond acceptors (Lipinski definition) is 3. The van der Waals surface area contributed by atoms with Crippen LogP contribution in [0.15, 0.2) is 50.2 Å². The number of hydrogen-bond donors (Lipinski definition) is 0. The van der Waals surface area contributed by atoms with Crippen molar-refractivity contribution in [2.75, 3.05) is 0 Å². The third-order valence-electron chi connectivity index (χ3n) is 3.23. The Morgan fingerprint density at radius 3 is 2.90 bits per heavy atom. The molecule has 3 rings (SSSR count). The fourth-order valence-corrected chi connectivity index (χ4v) is 2.54. The van der Waals surface area contributed by atoms with Crippen LogP contribution in [-0.4, -0.2) is 4.57 Å². The lowest BCUT2D eigenvalue weighted by atomic mass is 10.1. The molecule has 3 aromatic rings. The van der Waals surface area contributed by atoms with Crippen LogP contribution in [-0.2, 0) is 6.54 Å². The summed E-state index contributed by atoms with van der Waals surface area (Å²) < 4.78 is 12.2. The SMILES string of the molecule is CCCn1c(=O)oc2cc(C(Cl)c3ccco3)ccc21. The average molecular weight is 292 g/mol. The molecule has 0 amide bonds. The molecule has 1 unspecified atom stereocenters. The van der Waals surface area contributed by atoms with Gasteiger partial charge in [0.05, 0.1) is 11.8 Å². The number of aromatic nitrogens is 1. The van der Waals surface area contributed by atoms with Crippen LogP contribution in [0.25, 0.3) is 11.1 Å². The molecule has 2 aromatic heterocycles. The van der Waals surface area contributed by atoms with Crippen LogP contribution < -0.4 is 5.76 Å². The van der Waals surface area contributed by atoms with Gasteiger partial charge in [0.25, 0.3) is 0 Å². The number of benzene rings is 1. The van der Waals surface area contributed by atoms with E-state index < -0.39 is 5.38 Å². The van der Waals surface area contributed by atoms with Crippen molar-refractivity contribution in [1.82, 2.24) is 4.57 Å². The Bertz CT molecular complexity index is 770. The third kappa shape index (κ3) is 2.16. The zero-order chi connectivity index (χ0) is 14.1. The summed E-state index contributed by atoms with van der Waals surface area (Å²) in [7, 11) is 0. The molecule has 0 aliphatic heterocycles. The second-order valence-corrected chi connectivity index (χ2v) is 5.06. The van der Waals surface area contributed by atoms with E-state index in [1.54, 1.807) is 23.0 Å². The van der Waals surface area contributed by atoms with Crippen molar-refractivity contribution >= 4 is 22.7 Å². The van der Waals surface area contributed by atoms with Gasteiger partial charge in [-0.25, -0.2) is 4.79 Å². The summed E-state index contributed by atoms with van der Waals surface area (Å²) in [4.78, 5) is 11.8. The van der Waals surface area contributed by atoms with Gasteiger partial charge in [-0.3, -0.25) is 4.57 Å². The van der Waals surface area contributed by atoms with Crippen LogP contribution in [0.4, 0.5) is 0 Å². The fraction of sp³-hybridized carbons (Fsp3) is 0.267. The molecule has 4 nitrogen and oxygen atoms in total. The molecule has 0 spiro atoms. The molecule has 1 atom stereocenters. The first kappa shape index (κ1) is 13.1. The van der Waals surface area contributed by atoms with E-state index in [0.29, 0.717) is 17.9 Å². The minimum Gasteiger partial charge on any atom is -0.467 e. The number of furan rings is 1. The lowest BCUT2D eigenvalue weighted by Gasteiger charge is -2.06. The van der Waals surface area contributed by atoms with Crippen LogP contribution in [0.2, 0.25) is 0 Å². The minimum atomic E-state index is -0.394. The summed E-state index contributed by atoms with van der Waals surface area (Å²) in [5.41, 5.74) is 2.19. The smallest absolute Gasteiger partial charge is 0.419 e. The molecular formula is C15H14ClNO3. The maximum Gasteiger partial charge on any atom is 0.419 e. The van der Waals surface area contributed by atoms with E-state index in [1.807, 2.05) is 25.1 Å². The largest absolute Gasteiger partial charge is 0.467 e. The molecule has 20 heavy (non-hydrogen) atoms. The Hall–Kier alpha value is -1.94. The molecule has 2 heterocycles. The molecule has 5 heteroatoms. The lowest BCUT2D eigenvalue weighted by Crippen LogP contribution is -2.13. The van der Waals surface area contributed by atoms with E-state index in [9.17, 15) is 4.79 Å². The standard InChI is InChI=1S/C15H14ClNO3/c1-2-7-17-11-6-5-10(9-13(11)20-15(17)18)14(16)12-4-3-8-19-12/h3-6,8-9,14H,2,7H2,1H3. The molecule has 0 aliphatic rings. The second-order valence-electron chi connectivity index (χ2n) is 4.62. The zero-order valence-electron chi connectivity index (χ0n) is 11.0. The van der Waals surface area contributed by atoms with Crippen LogP contribution in [0.3, 0.4) is 0 Å². The Morgan fingerprint density at radius 1 is 1.35 bits per heavy atom. The quantitative estimate of drug-likeness (QED) is 0.684. The maximum atomic E-state index is 11.8. The highest BCUT2D eigenvalue weighted by Gasteiger charge is 2.16. The van der Waals surface area contributed by atoms with Crippen LogP contribution in [0, 0.1) is 0 Å². The Labute approximate surface area is 120 Å². The van der Waals surface area contributed by atoms with Crippen molar-refractivity contribution in [1.29, 1.82) is 0 Å². The van der Waals surface area contributed by atoms with Crippen molar-refractivity contribution in [3.63, 3.8) is 0 Å². The van der Waals surface area contributed by atoms with Gasteiger partial charge in [-0.05, 0) is 36.2 Å².